The van der Waals surface area contributed by atoms with Gasteiger partial charge in [-0.2, -0.15) is 0 Å². The van der Waals surface area contributed by atoms with Crippen molar-refractivity contribution in [2.24, 2.45) is 0 Å². The van der Waals surface area contributed by atoms with E-state index in [0.29, 0.717) is 30.4 Å². The highest BCUT2D eigenvalue weighted by molar-refractivity contribution is 7.92. The molecule has 0 aromatic heterocycles. The maximum absolute atomic E-state index is 12.8. The van der Waals surface area contributed by atoms with Crippen molar-refractivity contribution in [3.63, 3.8) is 0 Å². The number of nitrogens with one attached hydrogen (secondary N) is 3. The molecule has 0 saturated carbocycles. The number of carbonyl (C=O) groups is 2. The molecule has 0 atom stereocenters. The number of benzene rings is 2. The third-order valence-electron chi connectivity index (χ3n) is 3.97. The van der Waals surface area contributed by atoms with E-state index in [1.165, 1.54) is 25.1 Å². The fourth-order valence-electron chi connectivity index (χ4n) is 2.85. The van der Waals surface area contributed by atoms with Crippen LogP contribution in [0.2, 0.25) is 0 Å². The van der Waals surface area contributed by atoms with Gasteiger partial charge in [-0.1, -0.05) is 12.1 Å². The molecule has 154 valence electrons. The van der Waals surface area contributed by atoms with Gasteiger partial charge in [-0.15, -0.1) is 0 Å². The Bertz CT molecular complexity index is 1050. The fourth-order valence-corrected chi connectivity index (χ4v) is 3.42. The van der Waals surface area contributed by atoms with Gasteiger partial charge in [0.05, 0.1) is 17.5 Å². The summed E-state index contributed by atoms with van der Waals surface area (Å²) in [5.41, 5.74) is 1.28. The van der Waals surface area contributed by atoms with Gasteiger partial charge in [-0.05, 0) is 24.3 Å². The van der Waals surface area contributed by atoms with Crippen molar-refractivity contribution >= 4 is 33.2 Å². The van der Waals surface area contributed by atoms with Crippen LogP contribution < -0.4 is 24.8 Å². The quantitative estimate of drug-likeness (QED) is 0.655. The first-order valence-electron chi connectivity index (χ1n) is 8.78. The third kappa shape index (κ3) is 5.38. The normalized spacial score (nSPS) is 12.8. The Morgan fingerprint density at radius 1 is 1.10 bits per heavy atom. The van der Waals surface area contributed by atoms with Crippen LogP contribution >= 0.6 is 0 Å². The van der Waals surface area contributed by atoms with Gasteiger partial charge in [-0.3, -0.25) is 14.3 Å². The van der Waals surface area contributed by atoms with E-state index in [9.17, 15) is 18.0 Å². The number of hydrogen-bond donors (Lipinski definition) is 3. The van der Waals surface area contributed by atoms with Crippen molar-refractivity contribution in [1.82, 2.24) is 5.32 Å². The molecule has 9 nitrogen and oxygen atoms in total. The number of ether oxygens (including phenoxy) is 2. The topological polar surface area (TPSA) is 123 Å². The molecule has 3 N–H and O–H groups in total. The molecule has 2 amide bonds. The molecular weight excluding hydrogens is 398 g/mol. The summed E-state index contributed by atoms with van der Waals surface area (Å²) in [6, 6.07) is 9.71. The molecule has 29 heavy (non-hydrogen) atoms. The van der Waals surface area contributed by atoms with Crippen molar-refractivity contribution in [1.29, 1.82) is 0 Å². The maximum Gasteiger partial charge on any atom is 0.253 e. The van der Waals surface area contributed by atoms with Crippen LogP contribution in [-0.4, -0.2) is 39.7 Å². The highest BCUT2D eigenvalue weighted by atomic mass is 32.2. The van der Waals surface area contributed by atoms with E-state index < -0.39 is 15.9 Å². The number of carbonyl (C=O) groups excluding carboxylic acids is 2. The zero-order chi connectivity index (χ0) is 21.0. The van der Waals surface area contributed by atoms with Crippen LogP contribution in [0.5, 0.6) is 11.5 Å². The summed E-state index contributed by atoms with van der Waals surface area (Å²) in [6.07, 6.45) is 0.990. The molecule has 10 heteroatoms. The van der Waals surface area contributed by atoms with Gasteiger partial charge < -0.3 is 20.1 Å². The van der Waals surface area contributed by atoms with Crippen LogP contribution in [0.25, 0.3) is 0 Å². The lowest BCUT2D eigenvalue weighted by Crippen LogP contribution is -2.26. The first kappa shape index (κ1) is 20.5. The molecule has 0 fully saturated rings. The minimum atomic E-state index is -3.60. The number of anilines is 2. The first-order valence-corrected chi connectivity index (χ1v) is 10.7. The lowest BCUT2D eigenvalue weighted by atomic mass is 10.1. The van der Waals surface area contributed by atoms with Crippen molar-refractivity contribution in [3.8, 4) is 11.5 Å². The summed E-state index contributed by atoms with van der Waals surface area (Å²) < 4.78 is 36.7. The summed E-state index contributed by atoms with van der Waals surface area (Å²) in [4.78, 5) is 24.1. The predicted octanol–water partition coefficient (Wildman–Crippen LogP) is 1.72. The Hall–Kier alpha value is -3.27. The van der Waals surface area contributed by atoms with E-state index in [1.54, 1.807) is 18.2 Å². The smallest absolute Gasteiger partial charge is 0.253 e. The van der Waals surface area contributed by atoms with E-state index in [4.69, 9.17) is 9.47 Å². The van der Waals surface area contributed by atoms with Crippen LogP contribution in [0.15, 0.2) is 36.4 Å². The Balaban J connectivity index is 1.84. The van der Waals surface area contributed by atoms with Crippen LogP contribution in [-0.2, 0) is 21.4 Å². The largest absolute Gasteiger partial charge is 0.486 e. The van der Waals surface area contributed by atoms with Crippen molar-refractivity contribution < 1.29 is 27.5 Å². The fraction of sp³-hybridized carbons (Fsp3) is 0.263. The van der Waals surface area contributed by atoms with E-state index in [-0.39, 0.29) is 23.7 Å². The molecule has 1 aliphatic heterocycles. The van der Waals surface area contributed by atoms with E-state index in [0.717, 1.165) is 11.8 Å². The minimum absolute atomic E-state index is 0.0728. The molecule has 0 unspecified atom stereocenters. The number of fused-ring (bicyclic) bond motifs is 1. The van der Waals surface area contributed by atoms with Gasteiger partial charge in [-0.25, -0.2) is 8.42 Å². The highest BCUT2D eigenvalue weighted by Gasteiger charge is 2.19. The average Bonchev–Trinajstić information content (AvgIpc) is 2.65. The second-order valence-electron chi connectivity index (χ2n) is 6.44. The van der Waals surface area contributed by atoms with Crippen molar-refractivity contribution in [2.75, 3.05) is 29.5 Å². The van der Waals surface area contributed by atoms with Crippen molar-refractivity contribution in [2.45, 2.75) is 13.5 Å². The highest BCUT2D eigenvalue weighted by Crippen LogP contribution is 2.33. The molecule has 0 bridgehead atoms. The molecule has 0 aliphatic carbocycles. The number of sulfonamides is 1. The number of rotatable bonds is 6. The second kappa shape index (κ2) is 8.39. The maximum atomic E-state index is 12.8. The molecule has 0 spiro atoms. The molecule has 3 rings (SSSR count). The molecule has 2 aromatic rings. The minimum Gasteiger partial charge on any atom is -0.486 e. The van der Waals surface area contributed by atoms with Gasteiger partial charge >= 0.3 is 0 Å². The van der Waals surface area contributed by atoms with Crippen LogP contribution in [0.3, 0.4) is 0 Å². The lowest BCUT2D eigenvalue weighted by molar-refractivity contribution is -0.114. The Kier molecular flexibility index (Phi) is 5.92. The summed E-state index contributed by atoms with van der Waals surface area (Å²) in [7, 11) is -3.60. The van der Waals surface area contributed by atoms with Gasteiger partial charge in [0.15, 0.2) is 11.5 Å². The van der Waals surface area contributed by atoms with E-state index in [1.807, 2.05) is 0 Å². The zero-order valence-corrected chi connectivity index (χ0v) is 16.8. The summed E-state index contributed by atoms with van der Waals surface area (Å²) in [5, 5.41) is 5.32. The van der Waals surface area contributed by atoms with Crippen LogP contribution in [0, 0.1) is 0 Å². The number of hydrogen-bond acceptors (Lipinski definition) is 6. The zero-order valence-electron chi connectivity index (χ0n) is 15.9. The van der Waals surface area contributed by atoms with E-state index >= 15 is 0 Å². The number of para-hydroxylation sites is 1. The Morgan fingerprint density at radius 2 is 1.86 bits per heavy atom. The SMILES string of the molecule is CC(=O)Nc1ccc(NS(C)(=O)=O)c(C(=O)NCc2cccc3c2OCCO3)c1. The molecule has 1 aliphatic rings. The van der Waals surface area contributed by atoms with Gasteiger partial charge in [0, 0.05) is 24.7 Å². The van der Waals surface area contributed by atoms with Gasteiger partial charge in [0.25, 0.3) is 5.91 Å². The van der Waals surface area contributed by atoms with Gasteiger partial charge in [0.1, 0.15) is 13.2 Å². The predicted molar refractivity (Wildman–Crippen MR) is 108 cm³/mol. The van der Waals surface area contributed by atoms with Crippen molar-refractivity contribution in [3.05, 3.63) is 47.5 Å². The molecule has 0 radical (unpaired) electrons. The lowest BCUT2D eigenvalue weighted by Gasteiger charge is -2.21. The molecule has 1 heterocycles. The average molecular weight is 419 g/mol. The standard InChI is InChI=1S/C19H21N3O6S/c1-12(23)21-14-6-7-16(22-29(2,25)26)15(10-14)19(24)20-11-13-4-3-5-17-18(13)28-9-8-27-17/h3-7,10,22H,8-9,11H2,1-2H3,(H,20,24)(H,21,23). The Labute approximate surface area is 168 Å². The number of amides is 2. The monoisotopic (exact) mass is 419 g/mol. The summed E-state index contributed by atoms with van der Waals surface area (Å²) in [5.74, 6) is 0.349. The van der Waals surface area contributed by atoms with Gasteiger partial charge in [0.2, 0.25) is 15.9 Å². The summed E-state index contributed by atoms with van der Waals surface area (Å²) in [6.45, 7) is 2.36. The van der Waals surface area contributed by atoms with Crippen LogP contribution in [0.1, 0.15) is 22.8 Å². The molecule has 2 aromatic carbocycles. The molecule has 0 saturated heterocycles. The third-order valence-corrected chi connectivity index (χ3v) is 4.56. The first-order chi connectivity index (χ1) is 13.7. The Morgan fingerprint density at radius 3 is 2.59 bits per heavy atom. The summed E-state index contributed by atoms with van der Waals surface area (Å²) >= 11 is 0. The van der Waals surface area contributed by atoms with E-state index in [2.05, 4.69) is 15.4 Å². The van der Waals surface area contributed by atoms with Crippen LogP contribution in [0.4, 0.5) is 11.4 Å². The second-order valence-corrected chi connectivity index (χ2v) is 8.19. The molecular formula is C19H21N3O6S.